The van der Waals surface area contributed by atoms with Gasteiger partial charge in [-0.05, 0) is 43.5 Å². The Morgan fingerprint density at radius 1 is 0.818 bits per heavy atom. The third-order valence-electron chi connectivity index (χ3n) is 4.14. The Kier molecular flexibility index (Phi) is 10.6. The van der Waals surface area contributed by atoms with E-state index >= 15 is 0 Å². The van der Waals surface area contributed by atoms with Crippen LogP contribution in [0.15, 0.2) is 18.2 Å². The van der Waals surface area contributed by atoms with Gasteiger partial charge in [-0.1, -0.05) is 64.7 Å². The molecule has 1 rings (SSSR count). The molecule has 0 amide bonds. The Morgan fingerprint density at radius 3 is 2.00 bits per heavy atom. The first-order chi connectivity index (χ1) is 10.8. The van der Waals surface area contributed by atoms with Gasteiger partial charge in [-0.2, -0.15) is 0 Å². The summed E-state index contributed by atoms with van der Waals surface area (Å²) >= 11 is 0. The minimum atomic E-state index is 0.338. The second-order valence-electron chi connectivity index (χ2n) is 6.16. The topological polar surface area (TPSA) is 29.5 Å². The summed E-state index contributed by atoms with van der Waals surface area (Å²) in [5.74, 6) is 1.27. The zero-order valence-corrected chi connectivity index (χ0v) is 14.6. The predicted octanol–water partition coefficient (Wildman–Crippen LogP) is 6.25. The van der Waals surface area contributed by atoms with Crippen LogP contribution in [0.4, 0.5) is 0 Å². The largest absolute Gasteiger partial charge is 0.508 e. The van der Waals surface area contributed by atoms with Crippen molar-refractivity contribution >= 4 is 0 Å². The SMILES string of the molecule is CCCCCCCCCCCCc1cc(O)ccc1OCC. The zero-order chi connectivity index (χ0) is 16.0. The van der Waals surface area contributed by atoms with Gasteiger partial charge in [0, 0.05) is 0 Å². The summed E-state index contributed by atoms with van der Waals surface area (Å²) in [7, 11) is 0. The van der Waals surface area contributed by atoms with Crippen LogP contribution in [0, 0.1) is 0 Å². The number of rotatable bonds is 13. The van der Waals surface area contributed by atoms with Gasteiger partial charge in [0.05, 0.1) is 6.61 Å². The minimum absolute atomic E-state index is 0.338. The highest BCUT2D eigenvalue weighted by Gasteiger charge is 2.04. The smallest absolute Gasteiger partial charge is 0.122 e. The van der Waals surface area contributed by atoms with Crippen LogP contribution in [0.5, 0.6) is 11.5 Å². The number of aromatic hydroxyl groups is 1. The fourth-order valence-corrected chi connectivity index (χ4v) is 2.86. The van der Waals surface area contributed by atoms with E-state index in [-0.39, 0.29) is 0 Å². The van der Waals surface area contributed by atoms with Crippen molar-refractivity contribution in [2.24, 2.45) is 0 Å². The molecule has 22 heavy (non-hydrogen) atoms. The highest BCUT2D eigenvalue weighted by Crippen LogP contribution is 2.25. The van der Waals surface area contributed by atoms with E-state index in [1.165, 1.54) is 64.2 Å². The van der Waals surface area contributed by atoms with Crippen LogP contribution in [0.25, 0.3) is 0 Å². The molecule has 1 aromatic carbocycles. The predicted molar refractivity (Wildman–Crippen MR) is 94.8 cm³/mol. The zero-order valence-electron chi connectivity index (χ0n) is 14.6. The molecule has 1 N–H and O–H groups in total. The normalized spacial score (nSPS) is 10.8. The summed E-state index contributed by atoms with van der Waals surface area (Å²) < 4.78 is 5.62. The maximum atomic E-state index is 9.61. The molecule has 0 aliphatic carbocycles. The molecule has 2 nitrogen and oxygen atoms in total. The van der Waals surface area contributed by atoms with E-state index in [0.29, 0.717) is 12.4 Å². The molecule has 0 saturated carbocycles. The number of hydrogen-bond acceptors (Lipinski definition) is 2. The third-order valence-corrected chi connectivity index (χ3v) is 4.14. The van der Waals surface area contributed by atoms with E-state index in [1.54, 1.807) is 6.07 Å². The lowest BCUT2D eigenvalue weighted by Crippen LogP contribution is -1.97. The van der Waals surface area contributed by atoms with Crippen molar-refractivity contribution < 1.29 is 9.84 Å². The van der Waals surface area contributed by atoms with E-state index in [1.807, 2.05) is 19.1 Å². The quantitative estimate of drug-likeness (QED) is 0.436. The molecule has 0 fully saturated rings. The molecule has 0 atom stereocenters. The Hall–Kier alpha value is -1.18. The highest BCUT2D eigenvalue weighted by atomic mass is 16.5. The number of unbranched alkanes of at least 4 members (excludes halogenated alkanes) is 9. The average Bonchev–Trinajstić information content (AvgIpc) is 2.52. The van der Waals surface area contributed by atoms with E-state index in [9.17, 15) is 5.11 Å². The lowest BCUT2D eigenvalue weighted by molar-refractivity contribution is 0.335. The van der Waals surface area contributed by atoms with E-state index in [2.05, 4.69) is 6.92 Å². The summed E-state index contributed by atoms with van der Waals surface area (Å²) in [4.78, 5) is 0. The van der Waals surface area contributed by atoms with Crippen LogP contribution in [-0.4, -0.2) is 11.7 Å². The van der Waals surface area contributed by atoms with E-state index in [0.717, 1.165) is 17.7 Å². The number of phenolic OH excluding ortho intramolecular Hbond substituents is 1. The number of benzene rings is 1. The Morgan fingerprint density at radius 2 is 1.41 bits per heavy atom. The van der Waals surface area contributed by atoms with E-state index in [4.69, 9.17) is 4.74 Å². The second-order valence-corrected chi connectivity index (χ2v) is 6.16. The van der Waals surface area contributed by atoms with Crippen LogP contribution in [0.3, 0.4) is 0 Å². The third kappa shape index (κ3) is 8.31. The Labute approximate surface area is 136 Å². The molecule has 0 heterocycles. The van der Waals surface area contributed by atoms with Gasteiger partial charge >= 0.3 is 0 Å². The van der Waals surface area contributed by atoms with Gasteiger partial charge in [0.2, 0.25) is 0 Å². The van der Waals surface area contributed by atoms with Crippen LogP contribution < -0.4 is 4.74 Å². The maximum absolute atomic E-state index is 9.61. The van der Waals surface area contributed by atoms with Gasteiger partial charge in [0.15, 0.2) is 0 Å². The molecule has 0 saturated heterocycles. The molecule has 2 heteroatoms. The van der Waals surface area contributed by atoms with Crippen molar-refractivity contribution in [3.8, 4) is 11.5 Å². The lowest BCUT2D eigenvalue weighted by atomic mass is 10.0. The van der Waals surface area contributed by atoms with Gasteiger partial charge in [-0.25, -0.2) is 0 Å². The van der Waals surface area contributed by atoms with Gasteiger partial charge in [-0.3, -0.25) is 0 Å². The van der Waals surface area contributed by atoms with Crippen molar-refractivity contribution in [3.63, 3.8) is 0 Å². The summed E-state index contributed by atoms with van der Waals surface area (Å²) in [6.07, 6.45) is 14.5. The van der Waals surface area contributed by atoms with Crippen LogP contribution in [-0.2, 0) is 6.42 Å². The average molecular weight is 306 g/mol. The molecule has 1 aromatic rings. The summed E-state index contributed by atoms with van der Waals surface area (Å²) in [5, 5.41) is 9.61. The molecule has 0 aliphatic rings. The maximum Gasteiger partial charge on any atom is 0.122 e. The first-order valence-corrected chi connectivity index (χ1v) is 9.22. The Bertz CT molecular complexity index is 387. The Balaban J connectivity index is 2.10. The number of ether oxygens (including phenoxy) is 1. The van der Waals surface area contributed by atoms with Crippen molar-refractivity contribution in [2.45, 2.75) is 84.5 Å². The van der Waals surface area contributed by atoms with Crippen LogP contribution in [0.1, 0.15) is 83.6 Å². The summed E-state index contributed by atoms with van der Waals surface area (Å²) in [6, 6.07) is 5.43. The van der Waals surface area contributed by atoms with E-state index < -0.39 is 0 Å². The minimum Gasteiger partial charge on any atom is -0.508 e. The van der Waals surface area contributed by atoms with Gasteiger partial charge in [0.1, 0.15) is 11.5 Å². The first-order valence-electron chi connectivity index (χ1n) is 9.22. The van der Waals surface area contributed by atoms with Crippen molar-refractivity contribution in [1.29, 1.82) is 0 Å². The molecule has 0 radical (unpaired) electrons. The van der Waals surface area contributed by atoms with Crippen molar-refractivity contribution in [3.05, 3.63) is 23.8 Å². The summed E-state index contributed by atoms with van der Waals surface area (Å²) in [5.41, 5.74) is 1.14. The monoisotopic (exact) mass is 306 g/mol. The molecule has 0 spiro atoms. The highest BCUT2D eigenvalue weighted by molar-refractivity contribution is 5.39. The van der Waals surface area contributed by atoms with Crippen LogP contribution >= 0.6 is 0 Å². The number of hydrogen-bond donors (Lipinski definition) is 1. The number of phenols is 1. The summed E-state index contributed by atoms with van der Waals surface area (Å²) in [6.45, 7) is 4.94. The van der Waals surface area contributed by atoms with Crippen LogP contribution in [0.2, 0.25) is 0 Å². The molecule has 0 aromatic heterocycles. The second kappa shape index (κ2) is 12.4. The molecule has 0 bridgehead atoms. The van der Waals surface area contributed by atoms with Gasteiger partial charge in [0.25, 0.3) is 0 Å². The van der Waals surface area contributed by atoms with Gasteiger partial charge < -0.3 is 9.84 Å². The molecular formula is C20H34O2. The fraction of sp³-hybridized carbons (Fsp3) is 0.700. The van der Waals surface area contributed by atoms with Crippen molar-refractivity contribution in [2.75, 3.05) is 6.61 Å². The molecule has 0 unspecified atom stereocenters. The first kappa shape index (κ1) is 18.9. The molecular weight excluding hydrogens is 272 g/mol. The standard InChI is InChI=1S/C20H34O2/c1-3-5-6-7-8-9-10-11-12-13-14-18-17-19(21)15-16-20(18)22-4-2/h15-17,21H,3-14H2,1-2H3. The number of aryl methyl sites for hydroxylation is 1. The molecule has 126 valence electrons. The molecule has 0 aliphatic heterocycles. The van der Waals surface area contributed by atoms with Gasteiger partial charge in [-0.15, -0.1) is 0 Å². The lowest BCUT2D eigenvalue weighted by Gasteiger charge is -2.10. The fourth-order valence-electron chi connectivity index (χ4n) is 2.86. The van der Waals surface area contributed by atoms with Crippen molar-refractivity contribution in [1.82, 2.24) is 0 Å².